The highest BCUT2D eigenvalue weighted by Gasteiger charge is 2.21. The Balaban J connectivity index is 4.44. The summed E-state index contributed by atoms with van der Waals surface area (Å²) in [5.74, 6) is -2.32. The summed E-state index contributed by atoms with van der Waals surface area (Å²) in [6.45, 7) is 4.59. The molecular weight excluding hydrogens is 755 g/mol. The fourth-order valence-corrected chi connectivity index (χ4v) is 6.28. The Hall–Kier alpha value is -3.01. The van der Waals surface area contributed by atoms with Crippen LogP contribution in [0.1, 0.15) is 187 Å². The maximum absolute atomic E-state index is 12.8. The fraction of sp³-hybridized carbons (Fsp3) is 0.745. The zero-order valence-electron chi connectivity index (χ0n) is 39.1. The van der Waals surface area contributed by atoms with Crippen molar-refractivity contribution in [2.75, 3.05) is 47.5 Å². The molecule has 0 N–H and O–H groups in total. The number of esters is 2. The summed E-state index contributed by atoms with van der Waals surface area (Å²) in [4.78, 5) is 37.1. The number of hydrogen-bond donors (Lipinski definition) is 0. The summed E-state index contributed by atoms with van der Waals surface area (Å²) in [6, 6.07) is 0. The van der Waals surface area contributed by atoms with Crippen molar-refractivity contribution in [2.24, 2.45) is 0 Å². The van der Waals surface area contributed by atoms with Gasteiger partial charge in [-0.2, -0.15) is 0 Å². The van der Waals surface area contributed by atoms with E-state index in [2.05, 4.69) is 74.6 Å². The second kappa shape index (κ2) is 42.7. The van der Waals surface area contributed by atoms with Gasteiger partial charge < -0.3 is 33.3 Å². The highest BCUT2D eigenvalue weighted by molar-refractivity contribution is 5.70. The highest BCUT2D eigenvalue weighted by atomic mass is 16.7. The van der Waals surface area contributed by atoms with Crippen molar-refractivity contribution in [3.05, 3.63) is 60.8 Å². The number of ether oxygens (including phenoxy) is 4. The van der Waals surface area contributed by atoms with E-state index in [4.69, 9.17) is 18.9 Å². The van der Waals surface area contributed by atoms with Crippen LogP contribution in [0.3, 0.4) is 0 Å². The second-order valence-corrected chi connectivity index (χ2v) is 17.0. The first-order chi connectivity index (χ1) is 29.1. The van der Waals surface area contributed by atoms with Crippen LogP contribution in [0.4, 0.5) is 0 Å². The minimum Gasteiger partial charge on any atom is -0.545 e. The molecule has 0 radical (unpaired) electrons. The van der Waals surface area contributed by atoms with Gasteiger partial charge in [0.2, 0.25) is 0 Å². The van der Waals surface area contributed by atoms with E-state index in [0.29, 0.717) is 17.4 Å². The molecule has 0 heterocycles. The topological polar surface area (TPSA) is 111 Å². The zero-order chi connectivity index (χ0) is 44.2. The van der Waals surface area contributed by atoms with E-state index in [1.165, 1.54) is 51.4 Å². The van der Waals surface area contributed by atoms with E-state index in [1.807, 2.05) is 21.1 Å². The molecule has 0 fully saturated rings. The lowest BCUT2D eigenvalue weighted by Crippen LogP contribution is -2.44. The molecule has 0 aliphatic carbocycles. The summed E-state index contributed by atoms with van der Waals surface area (Å²) in [7, 11) is 5.90. The lowest BCUT2D eigenvalue weighted by Gasteiger charge is -2.26. The molecular formula is C51H89NO8. The van der Waals surface area contributed by atoms with Crippen molar-refractivity contribution in [1.82, 2.24) is 0 Å². The summed E-state index contributed by atoms with van der Waals surface area (Å²) < 4.78 is 22.6. The van der Waals surface area contributed by atoms with Gasteiger partial charge in [-0.25, -0.2) is 0 Å². The van der Waals surface area contributed by atoms with E-state index in [-0.39, 0.29) is 38.6 Å². The fourth-order valence-electron chi connectivity index (χ4n) is 6.28. The van der Waals surface area contributed by atoms with E-state index in [0.717, 1.165) is 103 Å². The predicted molar refractivity (Wildman–Crippen MR) is 246 cm³/mol. The zero-order valence-corrected chi connectivity index (χ0v) is 39.1. The second-order valence-electron chi connectivity index (χ2n) is 17.0. The van der Waals surface area contributed by atoms with Crippen LogP contribution in [-0.2, 0) is 33.3 Å². The number of carbonyl (C=O) groups is 3. The van der Waals surface area contributed by atoms with Crippen molar-refractivity contribution in [2.45, 2.75) is 200 Å². The molecule has 0 amide bonds. The molecule has 0 spiro atoms. The molecule has 2 unspecified atom stereocenters. The lowest BCUT2D eigenvalue weighted by atomic mass is 10.1. The van der Waals surface area contributed by atoms with Gasteiger partial charge in [0, 0.05) is 12.8 Å². The first kappa shape index (κ1) is 57.0. The van der Waals surface area contributed by atoms with Crippen molar-refractivity contribution in [3.8, 4) is 0 Å². The van der Waals surface area contributed by atoms with Crippen molar-refractivity contribution in [3.63, 3.8) is 0 Å². The Morgan fingerprint density at radius 3 is 1.43 bits per heavy atom. The smallest absolute Gasteiger partial charge is 0.306 e. The first-order valence-electron chi connectivity index (χ1n) is 23.9. The van der Waals surface area contributed by atoms with Crippen molar-refractivity contribution < 1.29 is 42.9 Å². The molecule has 9 heteroatoms. The molecule has 2 atom stereocenters. The van der Waals surface area contributed by atoms with E-state index < -0.39 is 24.3 Å². The normalized spacial score (nSPS) is 13.4. The van der Waals surface area contributed by atoms with Crippen LogP contribution in [0, 0.1) is 0 Å². The number of unbranched alkanes of at least 4 members (excludes halogenated alkanes) is 18. The molecule has 9 nitrogen and oxygen atoms in total. The number of allylic oxidation sites excluding steroid dienone is 10. The van der Waals surface area contributed by atoms with Crippen LogP contribution < -0.4 is 5.11 Å². The summed E-state index contributed by atoms with van der Waals surface area (Å²) in [5.41, 5.74) is 0. The van der Waals surface area contributed by atoms with Gasteiger partial charge in [-0.05, 0) is 77.0 Å². The lowest BCUT2D eigenvalue weighted by molar-refractivity contribution is -0.870. The highest BCUT2D eigenvalue weighted by Crippen LogP contribution is 2.13. The van der Waals surface area contributed by atoms with Crippen molar-refractivity contribution in [1.29, 1.82) is 0 Å². The first-order valence-corrected chi connectivity index (χ1v) is 23.9. The van der Waals surface area contributed by atoms with Crippen molar-refractivity contribution >= 4 is 17.9 Å². The van der Waals surface area contributed by atoms with Gasteiger partial charge in [0.1, 0.15) is 13.2 Å². The predicted octanol–water partition coefficient (Wildman–Crippen LogP) is 11.6. The molecule has 0 saturated carbocycles. The molecule has 0 aromatic rings. The Morgan fingerprint density at radius 1 is 0.517 bits per heavy atom. The van der Waals surface area contributed by atoms with Gasteiger partial charge in [0.25, 0.3) is 0 Å². The third kappa shape index (κ3) is 43.1. The Morgan fingerprint density at radius 2 is 0.950 bits per heavy atom. The van der Waals surface area contributed by atoms with Gasteiger partial charge in [-0.3, -0.25) is 9.59 Å². The molecule has 0 aliphatic heterocycles. The van der Waals surface area contributed by atoms with Crippen LogP contribution in [0.15, 0.2) is 60.8 Å². The third-order valence-electron chi connectivity index (χ3n) is 10.00. The van der Waals surface area contributed by atoms with Crippen LogP contribution in [0.5, 0.6) is 0 Å². The number of quaternary nitrogens is 1. The Labute approximate surface area is 367 Å². The van der Waals surface area contributed by atoms with E-state index >= 15 is 0 Å². The number of nitrogens with zero attached hydrogens (tertiary/aromatic N) is 1. The largest absolute Gasteiger partial charge is 0.545 e. The molecule has 346 valence electrons. The number of carboxylic acid groups (broad SMARTS) is 1. The SMILES string of the molecule is CC/C=C\C/C=C\C/C=C\C/C=C\CCCCCCCCC(=O)OC(COC(=O)CCCCCCC/C=C\CCCCCCCCC)COC(OCC[N+](C)(C)C)C(=O)[O-]. The van der Waals surface area contributed by atoms with E-state index in [1.54, 1.807) is 0 Å². The number of carboxylic acids is 1. The molecule has 0 aromatic heterocycles. The standard InChI is InChI=1S/C51H89NO8/c1-6-8-10-12-14-16-18-20-22-24-25-26-28-30-32-34-36-38-40-42-49(54)60-47(46-59-51(50(55)56)57-44-43-52(3,4)5)45-58-48(53)41-39-37-35-33-31-29-27-23-21-19-17-15-13-11-9-7-2/h8,10,14,16,20,22-23,25-27,47,51H,6-7,9,11-13,15,17-19,21,24,28-46H2,1-5H3/b10-8-,16-14-,22-20-,26-25-,27-23-. The van der Waals surface area contributed by atoms with Gasteiger partial charge in [0.05, 0.1) is 40.3 Å². The number of likely N-dealkylation sites (N-methyl/N-ethyl adjacent to an activating group) is 1. The molecule has 0 bridgehead atoms. The summed E-state index contributed by atoms with van der Waals surface area (Å²) >= 11 is 0. The van der Waals surface area contributed by atoms with Crippen LogP contribution in [0.2, 0.25) is 0 Å². The molecule has 0 aromatic carbocycles. The average Bonchev–Trinajstić information content (AvgIpc) is 3.21. The summed E-state index contributed by atoms with van der Waals surface area (Å²) in [6.07, 6.45) is 48.2. The molecule has 0 saturated heterocycles. The maximum atomic E-state index is 12.8. The van der Waals surface area contributed by atoms with Crippen LogP contribution >= 0.6 is 0 Å². The number of hydrogen-bond acceptors (Lipinski definition) is 8. The number of aliphatic carboxylic acids is 1. The Bertz CT molecular complexity index is 1170. The molecule has 0 rings (SSSR count). The minimum atomic E-state index is -1.63. The minimum absolute atomic E-state index is 0.141. The number of carbonyl (C=O) groups excluding carboxylic acids is 3. The monoisotopic (exact) mass is 844 g/mol. The summed E-state index contributed by atoms with van der Waals surface area (Å²) in [5, 5.41) is 11.7. The average molecular weight is 844 g/mol. The van der Waals surface area contributed by atoms with Gasteiger partial charge in [0.15, 0.2) is 12.4 Å². The maximum Gasteiger partial charge on any atom is 0.306 e. The quantitative estimate of drug-likeness (QED) is 0.0196. The molecule has 0 aliphatic rings. The van der Waals surface area contributed by atoms with Gasteiger partial charge >= 0.3 is 11.9 Å². The van der Waals surface area contributed by atoms with Crippen LogP contribution in [0.25, 0.3) is 0 Å². The third-order valence-corrected chi connectivity index (χ3v) is 10.00. The Kier molecular flexibility index (Phi) is 40.5. The molecule has 60 heavy (non-hydrogen) atoms. The van der Waals surface area contributed by atoms with Crippen LogP contribution in [-0.4, -0.2) is 82.3 Å². The van der Waals surface area contributed by atoms with E-state index in [9.17, 15) is 19.5 Å². The number of rotatable bonds is 43. The van der Waals surface area contributed by atoms with Gasteiger partial charge in [-0.15, -0.1) is 0 Å². The van der Waals surface area contributed by atoms with Gasteiger partial charge in [-0.1, -0.05) is 158 Å².